The molecule has 0 spiro atoms. The van der Waals surface area contributed by atoms with Crippen LogP contribution in [0.2, 0.25) is 0 Å². The molecule has 2 fully saturated rings. The molecular formula is C14H27ClN2O. The maximum atomic E-state index is 12.2. The summed E-state index contributed by atoms with van der Waals surface area (Å²) in [6.07, 6.45) is 6.95. The van der Waals surface area contributed by atoms with Gasteiger partial charge in [0, 0.05) is 18.0 Å². The molecule has 0 aromatic rings. The molecule has 2 rings (SSSR count). The van der Waals surface area contributed by atoms with Crippen molar-refractivity contribution < 1.29 is 4.79 Å². The van der Waals surface area contributed by atoms with Crippen LogP contribution >= 0.6 is 12.4 Å². The molecule has 4 atom stereocenters. The van der Waals surface area contributed by atoms with E-state index in [0.717, 1.165) is 25.3 Å². The quantitative estimate of drug-likeness (QED) is 0.812. The third kappa shape index (κ3) is 4.43. The van der Waals surface area contributed by atoms with Crippen molar-refractivity contribution in [3.63, 3.8) is 0 Å². The van der Waals surface area contributed by atoms with Crippen LogP contribution in [0.25, 0.3) is 0 Å². The molecule has 4 heteroatoms. The van der Waals surface area contributed by atoms with Crippen molar-refractivity contribution in [3.05, 3.63) is 0 Å². The predicted octanol–water partition coefficient (Wildman–Crippen LogP) is 2.49. The maximum absolute atomic E-state index is 12.2. The summed E-state index contributed by atoms with van der Waals surface area (Å²) < 4.78 is 0. The Morgan fingerprint density at radius 1 is 1.17 bits per heavy atom. The second-order valence-electron chi connectivity index (χ2n) is 6.05. The highest BCUT2D eigenvalue weighted by atomic mass is 35.5. The van der Waals surface area contributed by atoms with Gasteiger partial charge >= 0.3 is 0 Å². The van der Waals surface area contributed by atoms with Crippen molar-refractivity contribution in [2.75, 3.05) is 6.54 Å². The average molecular weight is 275 g/mol. The van der Waals surface area contributed by atoms with Crippen molar-refractivity contribution in [1.82, 2.24) is 10.6 Å². The van der Waals surface area contributed by atoms with Crippen molar-refractivity contribution in [2.45, 2.75) is 64.5 Å². The van der Waals surface area contributed by atoms with Crippen LogP contribution in [0.5, 0.6) is 0 Å². The lowest BCUT2D eigenvalue weighted by atomic mass is 9.86. The molecule has 106 valence electrons. The summed E-state index contributed by atoms with van der Waals surface area (Å²) in [4.78, 5) is 12.2. The maximum Gasteiger partial charge on any atom is 0.223 e. The molecular weight excluding hydrogens is 248 g/mol. The van der Waals surface area contributed by atoms with E-state index in [0.29, 0.717) is 18.0 Å². The van der Waals surface area contributed by atoms with E-state index in [1.165, 1.54) is 25.7 Å². The van der Waals surface area contributed by atoms with Crippen LogP contribution in [0.4, 0.5) is 0 Å². The van der Waals surface area contributed by atoms with Crippen LogP contribution in [-0.2, 0) is 4.79 Å². The number of amides is 1. The molecule has 1 heterocycles. The number of hydrogen-bond donors (Lipinski definition) is 2. The normalized spacial score (nSPS) is 36.6. The van der Waals surface area contributed by atoms with Gasteiger partial charge < -0.3 is 10.6 Å². The Labute approximate surface area is 117 Å². The monoisotopic (exact) mass is 274 g/mol. The lowest BCUT2D eigenvalue weighted by Crippen LogP contribution is -2.46. The van der Waals surface area contributed by atoms with Gasteiger partial charge in [0.2, 0.25) is 5.91 Å². The summed E-state index contributed by atoms with van der Waals surface area (Å²) in [5.74, 6) is 1.32. The minimum atomic E-state index is 0. The van der Waals surface area contributed by atoms with Crippen LogP contribution in [-0.4, -0.2) is 24.5 Å². The van der Waals surface area contributed by atoms with Gasteiger partial charge in [0.1, 0.15) is 0 Å². The second-order valence-corrected chi connectivity index (χ2v) is 6.05. The summed E-state index contributed by atoms with van der Waals surface area (Å²) in [5.41, 5.74) is 0. The Morgan fingerprint density at radius 2 is 1.94 bits per heavy atom. The molecule has 1 aliphatic heterocycles. The minimum Gasteiger partial charge on any atom is -0.353 e. The molecule has 3 nitrogen and oxygen atoms in total. The van der Waals surface area contributed by atoms with Gasteiger partial charge in [0.15, 0.2) is 0 Å². The van der Waals surface area contributed by atoms with E-state index in [2.05, 4.69) is 24.5 Å². The zero-order valence-electron chi connectivity index (χ0n) is 11.6. The Bertz CT molecular complexity index is 273. The van der Waals surface area contributed by atoms with Gasteiger partial charge in [0.25, 0.3) is 0 Å². The van der Waals surface area contributed by atoms with Crippen LogP contribution in [0.1, 0.15) is 52.4 Å². The van der Waals surface area contributed by atoms with E-state index in [1.807, 2.05) is 0 Å². The van der Waals surface area contributed by atoms with Crippen molar-refractivity contribution in [1.29, 1.82) is 0 Å². The van der Waals surface area contributed by atoms with E-state index in [9.17, 15) is 4.79 Å². The summed E-state index contributed by atoms with van der Waals surface area (Å²) in [6, 6.07) is 0.932. The first kappa shape index (κ1) is 15.8. The Hall–Kier alpha value is -0.280. The molecule has 2 unspecified atom stereocenters. The van der Waals surface area contributed by atoms with E-state index >= 15 is 0 Å². The third-order valence-corrected chi connectivity index (χ3v) is 4.28. The van der Waals surface area contributed by atoms with Gasteiger partial charge in [-0.15, -0.1) is 12.4 Å². The first-order valence-electron chi connectivity index (χ1n) is 7.19. The Balaban J connectivity index is 0.00000162. The summed E-state index contributed by atoms with van der Waals surface area (Å²) in [6.45, 7) is 5.45. The van der Waals surface area contributed by atoms with Crippen LogP contribution < -0.4 is 10.6 Å². The molecule has 18 heavy (non-hydrogen) atoms. The first-order valence-corrected chi connectivity index (χ1v) is 7.19. The molecule has 0 aromatic heterocycles. The second kappa shape index (κ2) is 7.34. The highest BCUT2D eigenvalue weighted by molar-refractivity contribution is 5.85. The zero-order chi connectivity index (χ0) is 12.3. The number of nitrogens with one attached hydrogen (secondary N) is 2. The van der Waals surface area contributed by atoms with E-state index in [-0.39, 0.29) is 18.3 Å². The minimum absolute atomic E-state index is 0. The standard InChI is InChI=1S/C14H26N2O.ClH/c1-10-4-3-5-13(8-10)16-14(17)12-6-7-15-11(2)9-12;/h10-13,15H,3-9H2,1-2H3,(H,16,17);1H/t10?,11-,12-,13?;/m0./s1. The molecule has 1 aliphatic carbocycles. The van der Waals surface area contributed by atoms with Crippen LogP contribution in [0.3, 0.4) is 0 Å². The fourth-order valence-corrected chi connectivity index (χ4v) is 3.25. The van der Waals surface area contributed by atoms with Crippen LogP contribution in [0.15, 0.2) is 0 Å². The van der Waals surface area contributed by atoms with Crippen molar-refractivity contribution >= 4 is 18.3 Å². The van der Waals surface area contributed by atoms with Gasteiger partial charge in [-0.05, 0) is 45.1 Å². The molecule has 1 saturated carbocycles. The number of carbonyl (C=O) groups excluding carboxylic acids is 1. The largest absolute Gasteiger partial charge is 0.353 e. The van der Waals surface area contributed by atoms with Crippen molar-refractivity contribution in [2.24, 2.45) is 11.8 Å². The summed E-state index contributed by atoms with van der Waals surface area (Å²) in [7, 11) is 0. The van der Waals surface area contributed by atoms with Crippen molar-refractivity contribution in [3.8, 4) is 0 Å². The summed E-state index contributed by atoms with van der Waals surface area (Å²) >= 11 is 0. The fraction of sp³-hybridized carbons (Fsp3) is 0.929. The highest BCUT2D eigenvalue weighted by Gasteiger charge is 2.27. The molecule has 1 saturated heterocycles. The van der Waals surface area contributed by atoms with E-state index in [1.54, 1.807) is 0 Å². The number of piperidine rings is 1. The summed E-state index contributed by atoms with van der Waals surface area (Å²) in [5, 5.41) is 6.67. The van der Waals surface area contributed by atoms with Gasteiger partial charge in [-0.1, -0.05) is 19.8 Å². The van der Waals surface area contributed by atoms with Gasteiger partial charge in [-0.2, -0.15) is 0 Å². The zero-order valence-corrected chi connectivity index (χ0v) is 12.4. The number of carbonyl (C=O) groups is 1. The van der Waals surface area contributed by atoms with E-state index < -0.39 is 0 Å². The molecule has 0 radical (unpaired) electrons. The average Bonchev–Trinajstić information content (AvgIpc) is 2.29. The SMILES string of the molecule is CC1CCCC(NC(=O)[C@H]2CCN[C@@H](C)C2)C1.Cl. The fourth-order valence-electron chi connectivity index (χ4n) is 3.25. The topological polar surface area (TPSA) is 41.1 Å². The molecule has 1 amide bonds. The van der Waals surface area contributed by atoms with E-state index in [4.69, 9.17) is 0 Å². The van der Waals surface area contributed by atoms with Crippen LogP contribution in [0, 0.1) is 11.8 Å². The Kier molecular flexibility index (Phi) is 6.44. The third-order valence-electron chi connectivity index (χ3n) is 4.28. The van der Waals surface area contributed by atoms with Gasteiger partial charge in [-0.3, -0.25) is 4.79 Å². The molecule has 2 aliphatic rings. The Morgan fingerprint density at radius 3 is 2.61 bits per heavy atom. The number of halogens is 1. The highest BCUT2D eigenvalue weighted by Crippen LogP contribution is 2.24. The number of hydrogen-bond acceptors (Lipinski definition) is 2. The van der Waals surface area contributed by atoms with Gasteiger partial charge in [0.05, 0.1) is 0 Å². The molecule has 0 bridgehead atoms. The first-order chi connectivity index (χ1) is 8.15. The number of rotatable bonds is 2. The predicted molar refractivity (Wildman–Crippen MR) is 77.0 cm³/mol. The lowest BCUT2D eigenvalue weighted by molar-refractivity contribution is -0.127. The van der Waals surface area contributed by atoms with Gasteiger partial charge in [-0.25, -0.2) is 0 Å². The molecule has 2 N–H and O–H groups in total. The lowest BCUT2D eigenvalue weighted by Gasteiger charge is -2.31. The smallest absolute Gasteiger partial charge is 0.223 e. The molecule has 0 aromatic carbocycles.